The second-order valence-electron chi connectivity index (χ2n) is 4.81. The van der Waals surface area contributed by atoms with E-state index in [-0.39, 0.29) is 11.2 Å². The highest BCUT2D eigenvalue weighted by Gasteiger charge is 2.43. The van der Waals surface area contributed by atoms with E-state index in [4.69, 9.17) is 23.2 Å². The Bertz CT molecular complexity index is 230. The summed E-state index contributed by atoms with van der Waals surface area (Å²) in [5, 5.41) is -0.165. The number of carbonyl (C=O) groups excluding carboxylic acids is 1. The average Bonchev–Trinajstić information content (AvgIpc) is 2.28. The molecule has 0 aromatic heterocycles. The first-order chi connectivity index (χ1) is 7.61. The monoisotopic (exact) mass is 264 g/mol. The molecule has 0 aliphatic heterocycles. The molecule has 1 aliphatic carbocycles. The number of hydrogen-bond acceptors (Lipinski definition) is 1. The number of hydrogen-bond donors (Lipinski definition) is 0. The molecule has 0 bridgehead atoms. The molecule has 94 valence electrons. The lowest BCUT2D eigenvalue weighted by atomic mass is 9.83. The predicted octanol–water partition coefficient (Wildman–Crippen LogP) is 4.68. The third-order valence-corrected chi connectivity index (χ3v) is 4.83. The number of Topliss-reactive ketones (excluding diaryl/α,β-unsaturated/α-hetero) is 1. The van der Waals surface area contributed by atoms with Crippen LogP contribution in [0, 0.1) is 0 Å². The Morgan fingerprint density at radius 3 is 2.69 bits per heavy atom. The smallest absolute Gasteiger partial charge is 0.155 e. The van der Waals surface area contributed by atoms with Crippen LogP contribution in [0.25, 0.3) is 0 Å². The van der Waals surface area contributed by atoms with Crippen LogP contribution < -0.4 is 0 Å². The van der Waals surface area contributed by atoms with E-state index in [2.05, 4.69) is 6.92 Å². The van der Waals surface area contributed by atoms with E-state index in [0.29, 0.717) is 6.42 Å². The summed E-state index contributed by atoms with van der Waals surface area (Å²) in [7, 11) is 0. The van der Waals surface area contributed by atoms with Crippen LogP contribution in [0.2, 0.25) is 0 Å². The van der Waals surface area contributed by atoms with Crippen LogP contribution in [0.5, 0.6) is 0 Å². The van der Waals surface area contributed by atoms with Gasteiger partial charge in [0.25, 0.3) is 0 Å². The van der Waals surface area contributed by atoms with Crippen molar-refractivity contribution >= 4 is 29.0 Å². The zero-order chi connectivity index (χ0) is 12.0. The summed E-state index contributed by atoms with van der Waals surface area (Å²) in [6.45, 7) is 2.17. The molecule has 2 unspecified atom stereocenters. The molecule has 1 aliphatic rings. The fourth-order valence-corrected chi connectivity index (χ4v) is 3.05. The number of carbonyl (C=O) groups is 1. The van der Waals surface area contributed by atoms with Gasteiger partial charge in [-0.25, -0.2) is 0 Å². The zero-order valence-corrected chi connectivity index (χ0v) is 11.6. The Balaban J connectivity index is 2.38. The van der Waals surface area contributed by atoms with Crippen molar-refractivity contribution in [2.24, 2.45) is 0 Å². The molecular formula is C13H22Cl2O. The number of unbranched alkanes of at least 4 members (excludes halogenated alkanes) is 3. The lowest BCUT2D eigenvalue weighted by molar-refractivity contribution is -0.122. The van der Waals surface area contributed by atoms with Crippen molar-refractivity contribution in [1.29, 1.82) is 0 Å². The number of alkyl halides is 2. The summed E-state index contributed by atoms with van der Waals surface area (Å²) < 4.78 is 0. The molecule has 0 N–H and O–H groups in total. The summed E-state index contributed by atoms with van der Waals surface area (Å²) in [5.74, 6) is 0.171. The van der Waals surface area contributed by atoms with E-state index in [1.807, 2.05) is 0 Å². The van der Waals surface area contributed by atoms with Gasteiger partial charge in [0.05, 0.1) is 5.38 Å². The Morgan fingerprint density at radius 1 is 1.31 bits per heavy atom. The second kappa shape index (κ2) is 6.86. The molecule has 0 amide bonds. The third-order valence-electron chi connectivity index (χ3n) is 3.47. The maximum Gasteiger partial charge on any atom is 0.155 e. The molecule has 1 nitrogen and oxygen atoms in total. The van der Waals surface area contributed by atoms with Crippen LogP contribution in [-0.2, 0) is 4.79 Å². The van der Waals surface area contributed by atoms with Crippen molar-refractivity contribution in [2.45, 2.75) is 75.0 Å². The minimum Gasteiger partial charge on any atom is -0.298 e. The first-order valence-electron chi connectivity index (χ1n) is 6.47. The molecule has 3 heteroatoms. The standard InChI is InChI=1S/C13H22Cl2O/c1-2-3-4-5-9-12(16)13(15)10-7-6-8-11(13)14/h11H,2-10H2,1H3. The molecule has 1 saturated carbocycles. The Kier molecular flexibility index (Phi) is 6.13. The largest absolute Gasteiger partial charge is 0.298 e. The normalized spacial score (nSPS) is 30.3. The Labute approximate surface area is 109 Å². The maximum absolute atomic E-state index is 12.1. The van der Waals surface area contributed by atoms with E-state index in [1.165, 1.54) is 12.8 Å². The SMILES string of the molecule is CCCCCCC(=O)C1(Cl)CCCCC1Cl. The van der Waals surface area contributed by atoms with E-state index in [0.717, 1.165) is 38.5 Å². The van der Waals surface area contributed by atoms with Crippen LogP contribution in [0.15, 0.2) is 0 Å². The van der Waals surface area contributed by atoms with Crippen LogP contribution in [-0.4, -0.2) is 16.0 Å². The lowest BCUT2D eigenvalue weighted by Crippen LogP contribution is -2.43. The van der Waals surface area contributed by atoms with Gasteiger partial charge in [0, 0.05) is 6.42 Å². The highest BCUT2D eigenvalue weighted by molar-refractivity contribution is 6.41. The molecule has 0 radical (unpaired) electrons. The highest BCUT2D eigenvalue weighted by Crippen LogP contribution is 2.39. The predicted molar refractivity (Wildman–Crippen MR) is 70.5 cm³/mol. The fourth-order valence-electron chi connectivity index (χ4n) is 2.33. The van der Waals surface area contributed by atoms with Gasteiger partial charge < -0.3 is 0 Å². The summed E-state index contributed by atoms with van der Waals surface area (Å²) >= 11 is 12.6. The van der Waals surface area contributed by atoms with Gasteiger partial charge in [0.1, 0.15) is 4.87 Å². The van der Waals surface area contributed by atoms with E-state index < -0.39 is 4.87 Å². The van der Waals surface area contributed by atoms with Crippen molar-refractivity contribution in [1.82, 2.24) is 0 Å². The molecule has 0 aromatic rings. The lowest BCUT2D eigenvalue weighted by Gasteiger charge is -2.34. The van der Waals surface area contributed by atoms with Crippen molar-refractivity contribution in [3.05, 3.63) is 0 Å². The molecule has 2 atom stereocenters. The van der Waals surface area contributed by atoms with Crippen molar-refractivity contribution in [3.8, 4) is 0 Å². The first-order valence-corrected chi connectivity index (χ1v) is 7.29. The van der Waals surface area contributed by atoms with Crippen molar-refractivity contribution < 1.29 is 4.79 Å². The van der Waals surface area contributed by atoms with Crippen molar-refractivity contribution in [2.75, 3.05) is 0 Å². The van der Waals surface area contributed by atoms with Gasteiger partial charge in [-0.2, -0.15) is 0 Å². The quantitative estimate of drug-likeness (QED) is 0.503. The Hall–Kier alpha value is 0.250. The maximum atomic E-state index is 12.1. The molecule has 0 aromatic carbocycles. The molecule has 1 rings (SSSR count). The first kappa shape index (κ1) is 14.3. The molecule has 1 fully saturated rings. The van der Waals surface area contributed by atoms with E-state index in [1.54, 1.807) is 0 Å². The number of halogens is 2. The molecule has 0 saturated heterocycles. The van der Waals surface area contributed by atoms with Crippen LogP contribution in [0.3, 0.4) is 0 Å². The minimum absolute atomic E-state index is 0.165. The summed E-state index contributed by atoms with van der Waals surface area (Å²) in [6.07, 6.45) is 8.87. The van der Waals surface area contributed by atoms with Gasteiger partial charge >= 0.3 is 0 Å². The van der Waals surface area contributed by atoms with Crippen LogP contribution >= 0.6 is 23.2 Å². The number of ketones is 1. The highest BCUT2D eigenvalue weighted by atomic mass is 35.5. The minimum atomic E-state index is -0.758. The Morgan fingerprint density at radius 2 is 2.06 bits per heavy atom. The molecular weight excluding hydrogens is 243 g/mol. The van der Waals surface area contributed by atoms with Gasteiger partial charge in [-0.1, -0.05) is 39.0 Å². The van der Waals surface area contributed by atoms with Crippen molar-refractivity contribution in [3.63, 3.8) is 0 Å². The molecule has 16 heavy (non-hydrogen) atoms. The summed E-state index contributed by atoms with van der Waals surface area (Å²) in [4.78, 5) is 11.3. The summed E-state index contributed by atoms with van der Waals surface area (Å²) in [5.41, 5.74) is 0. The second-order valence-corrected chi connectivity index (χ2v) is 6.01. The zero-order valence-electron chi connectivity index (χ0n) is 10.1. The van der Waals surface area contributed by atoms with Gasteiger partial charge in [0.2, 0.25) is 0 Å². The van der Waals surface area contributed by atoms with Gasteiger partial charge in [-0.05, 0) is 19.3 Å². The fraction of sp³-hybridized carbons (Fsp3) is 0.923. The molecule has 0 spiro atoms. The van der Waals surface area contributed by atoms with Crippen LogP contribution in [0.4, 0.5) is 0 Å². The van der Waals surface area contributed by atoms with Gasteiger partial charge in [-0.3, -0.25) is 4.79 Å². The van der Waals surface area contributed by atoms with Crippen LogP contribution in [0.1, 0.15) is 64.7 Å². The summed E-state index contributed by atoms with van der Waals surface area (Å²) in [6, 6.07) is 0. The topological polar surface area (TPSA) is 17.1 Å². The third kappa shape index (κ3) is 3.63. The van der Waals surface area contributed by atoms with Gasteiger partial charge in [0.15, 0.2) is 5.78 Å². The van der Waals surface area contributed by atoms with E-state index in [9.17, 15) is 4.79 Å². The van der Waals surface area contributed by atoms with Gasteiger partial charge in [-0.15, -0.1) is 23.2 Å². The molecule has 0 heterocycles. The average molecular weight is 265 g/mol. The number of rotatable bonds is 6. The van der Waals surface area contributed by atoms with E-state index >= 15 is 0 Å².